The number of carbonyl (C=O) groups excluding carboxylic acids is 1. The third-order valence-electron chi connectivity index (χ3n) is 2.33. The Balaban J connectivity index is 2.47. The maximum atomic E-state index is 11.8. The number of ether oxygens (including phenoxy) is 1. The summed E-state index contributed by atoms with van der Waals surface area (Å²) in [6, 6.07) is 7.35. The van der Waals surface area contributed by atoms with Crippen LogP contribution in [0.4, 0.5) is 0 Å². The molecule has 3 N–H and O–H groups in total. The molecule has 1 amide bonds. The van der Waals surface area contributed by atoms with E-state index >= 15 is 0 Å². The van der Waals surface area contributed by atoms with Crippen molar-refractivity contribution < 1.29 is 9.53 Å². The minimum Gasteiger partial charge on any atom is -0.372 e. The molecule has 1 atom stereocenters. The van der Waals surface area contributed by atoms with Gasteiger partial charge in [0, 0.05) is 5.56 Å². The highest BCUT2D eigenvalue weighted by Gasteiger charge is 2.14. The van der Waals surface area contributed by atoms with E-state index in [0.717, 1.165) is 5.56 Å². The molecule has 0 fully saturated rings. The fourth-order valence-electron chi connectivity index (χ4n) is 1.34. The minimum absolute atomic E-state index is 0.181. The fraction of sp³-hybridized carbons (Fsp3) is 0.500. The van der Waals surface area contributed by atoms with Gasteiger partial charge in [-0.25, -0.2) is 0 Å². The number of nitrogens with one attached hydrogen (secondary N) is 1. The monoisotopic (exact) mass is 250 g/mol. The van der Waals surface area contributed by atoms with E-state index in [4.69, 9.17) is 10.5 Å². The Morgan fingerprint density at radius 1 is 1.33 bits per heavy atom. The number of aryl methyl sites for hydroxylation is 1. The summed E-state index contributed by atoms with van der Waals surface area (Å²) in [5, 5.41) is 2.70. The second-order valence-corrected chi connectivity index (χ2v) is 5.37. The van der Waals surface area contributed by atoms with Gasteiger partial charge in [-0.2, -0.15) is 0 Å². The summed E-state index contributed by atoms with van der Waals surface area (Å²) in [5.74, 6) is -0.181. The third-order valence-corrected chi connectivity index (χ3v) is 2.33. The fourth-order valence-corrected chi connectivity index (χ4v) is 1.34. The van der Waals surface area contributed by atoms with Crippen molar-refractivity contribution in [2.75, 3.05) is 6.61 Å². The van der Waals surface area contributed by atoms with E-state index in [1.54, 1.807) is 12.1 Å². The van der Waals surface area contributed by atoms with E-state index in [-0.39, 0.29) is 11.5 Å². The molecule has 1 rings (SSSR count). The topological polar surface area (TPSA) is 64.4 Å². The molecule has 4 heteroatoms. The van der Waals surface area contributed by atoms with E-state index in [2.05, 4.69) is 5.32 Å². The minimum atomic E-state index is -0.502. The first-order valence-electron chi connectivity index (χ1n) is 6.05. The molecule has 0 saturated carbocycles. The molecular weight excluding hydrogens is 228 g/mol. The summed E-state index contributed by atoms with van der Waals surface area (Å²) >= 11 is 0. The highest BCUT2D eigenvalue weighted by molar-refractivity contribution is 5.94. The Hall–Kier alpha value is -1.39. The van der Waals surface area contributed by atoms with Crippen molar-refractivity contribution >= 4 is 5.91 Å². The van der Waals surface area contributed by atoms with Crippen molar-refractivity contribution in [3.63, 3.8) is 0 Å². The summed E-state index contributed by atoms with van der Waals surface area (Å²) in [6.07, 6.45) is -0.502. The normalized spacial score (nSPS) is 13.2. The highest BCUT2D eigenvalue weighted by Crippen LogP contribution is 2.07. The van der Waals surface area contributed by atoms with Gasteiger partial charge in [0.2, 0.25) is 0 Å². The zero-order valence-electron chi connectivity index (χ0n) is 11.5. The summed E-state index contributed by atoms with van der Waals surface area (Å²) in [4.78, 5) is 11.8. The lowest BCUT2D eigenvalue weighted by Crippen LogP contribution is -2.46. The van der Waals surface area contributed by atoms with Crippen LogP contribution in [0.3, 0.4) is 0 Å². The molecule has 0 bridgehead atoms. The Morgan fingerprint density at radius 3 is 2.39 bits per heavy atom. The van der Waals surface area contributed by atoms with Crippen LogP contribution in [-0.4, -0.2) is 24.3 Å². The second kappa shape index (κ2) is 5.98. The molecule has 0 aliphatic carbocycles. The van der Waals surface area contributed by atoms with Crippen molar-refractivity contribution in [3.05, 3.63) is 35.4 Å². The molecule has 0 aliphatic rings. The Labute approximate surface area is 109 Å². The summed E-state index contributed by atoms with van der Waals surface area (Å²) in [6.45, 7) is 8.11. The molecule has 0 aromatic heterocycles. The number of carbonyl (C=O) groups is 1. The van der Waals surface area contributed by atoms with E-state index < -0.39 is 6.17 Å². The number of hydrogen-bond donors (Lipinski definition) is 2. The Bertz CT molecular complexity index is 393. The van der Waals surface area contributed by atoms with Gasteiger partial charge in [-0.1, -0.05) is 17.7 Å². The number of rotatable bonds is 4. The van der Waals surface area contributed by atoms with E-state index in [1.165, 1.54) is 0 Å². The number of hydrogen-bond acceptors (Lipinski definition) is 3. The summed E-state index contributed by atoms with van der Waals surface area (Å²) in [5.41, 5.74) is 7.26. The van der Waals surface area contributed by atoms with E-state index in [0.29, 0.717) is 12.2 Å². The predicted octanol–water partition coefficient (Wildman–Crippen LogP) is 1.82. The van der Waals surface area contributed by atoms with Crippen LogP contribution in [0.1, 0.15) is 36.7 Å². The van der Waals surface area contributed by atoms with Crippen LogP contribution in [0, 0.1) is 6.92 Å². The standard InChI is InChI=1S/C14H22N2O2/c1-10-5-7-11(8-6-10)13(17)16-12(15)9-18-14(2,3)4/h5-8,12H,9,15H2,1-4H3,(H,16,17)/t12-/m0/s1. The smallest absolute Gasteiger partial charge is 0.252 e. The van der Waals surface area contributed by atoms with Crippen LogP contribution in [0.5, 0.6) is 0 Å². The van der Waals surface area contributed by atoms with Crippen LogP contribution < -0.4 is 11.1 Å². The van der Waals surface area contributed by atoms with Gasteiger partial charge >= 0.3 is 0 Å². The van der Waals surface area contributed by atoms with Gasteiger partial charge in [0.05, 0.1) is 12.2 Å². The maximum Gasteiger partial charge on any atom is 0.252 e. The van der Waals surface area contributed by atoms with Gasteiger partial charge < -0.3 is 15.8 Å². The first-order chi connectivity index (χ1) is 8.28. The number of amides is 1. The van der Waals surface area contributed by atoms with Gasteiger partial charge in [0.1, 0.15) is 6.17 Å². The molecule has 100 valence electrons. The number of benzene rings is 1. The molecule has 4 nitrogen and oxygen atoms in total. The van der Waals surface area contributed by atoms with Crippen LogP contribution in [0.15, 0.2) is 24.3 Å². The maximum absolute atomic E-state index is 11.8. The summed E-state index contributed by atoms with van der Waals surface area (Å²) in [7, 11) is 0. The highest BCUT2D eigenvalue weighted by atomic mass is 16.5. The van der Waals surface area contributed by atoms with Gasteiger partial charge in [-0.05, 0) is 39.8 Å². The van der Waals surface area contributed by atoms with Crippen molar-refractivity contribution in [1.29, 1.82) is 0 Å². The average molecular weight is 250 g/mol. The van der Waals surface area contributed by atoms with Crippen LogP contribution in [0.2, 0.25) is 0 Å². The third kappa shape index (κ3) is 5.29. The molecule has 1 aromatic rings. The quantitative estimate of drug-likeness (QED) is 0.801. The molecule has 1 aromatic carbocycles. The van der Waals surface area contributed by atoms with Crippen molar-refractivity contribution in [2.45, 2.75) is 39.5 Å². The summed E-state index contributed by atoms with van der Waals surface area (Å²) < 4.78 is 5.51. The molecule has 0 saturated heterocycles. The van der Waals surface area contributed by atoms with Crippen molar-refractivity contribution in [1.82, 2.24) is 5.32 Å². The van der Waals surface area contributed by atoms with Gasteiger partial charge in [-0.3, -0.25) is 4.79 Å². The molecular formula is C14H22N2O2. The Morgan fingerprint density at radius 2 is 1.89 bits per heavy atom. The van der Waals surface area contributed by atoms with Crippen LogP contribution in [-0.2, 0) is 4.74 Å². The molecule has 0 radical (unpaired) electrons. The first kappa shape index (κ1) is 14.7. The molecule has 0 spiro atoms. The largest absolute Gasteiger partial charge is 0.372 e. The predicted molar refractivity (Wildman–Crippen MR) is 72.3 cm³/mol. The zero-order chi connectivity index (χ0) is 13.8. The Kier molecular flexibility index (Phi) is 4.87. The first-order valence-corrected chi connectivity index (χ1v) is 6.05. The van der Waals surface area contributed by atoms with Crippen molar-refractivity contribution in [3.8, 4) is 0 Å². The molecule has 0 aliphatic heterocycles. The lowest BCUT2D eigenvalue weighted by atomic mass is 10.1. The zero-order valence-corrected chi connectivity index (χ0v) is 11.5. The molecule has 0 heterocycles. The van der Waals surface area contributed by atoms with E-state index in [9.17, 15) is 4.79 Å². The molecule has 0 unspecified atom stereocenters. The second-order valence-electron chi connectivity index (χ2n) is 5.37. The number of nitrogens with two attached hydrogens (primary N) is 1. The van der Waals surface area contributed by atoms with Crippen LogP contribution in [0.25, 0.3) is 0 Å². The lowest BCUT2D eigenvalue weighted by Gasteiger charge is -2.23. The van der Waals surface area contributed by atoms with Crippen LogP contribution >= 0.6 is 0 Å². The lowest BCUT2D eigenvalue weighted by molar-refractivity contribution is -0.0132. The van der Waals surface area contributed by atoms with Gasteiger partial charge in [-0.15, -0.1) is 0 Å². The SMILES string of the molecule is Cc1ccc(C(=O)N[C@H](N)COC(C)(C)C)cc1. The average Bonchev–Trinajstić information content (AvgIpc) is 2.26. The molecule has 18 heavy (non-hydrogen) atoms. The van der Waals surface area contributed by atoms with Gasteiger partial charge in [0.25, 0.3) is 5.91 Å². The van der Waals surface area contributed by atoms with Gasteiger partial charge in [0.15, 0.2) is 0 Å². The van der Waals surface area contributed by atoms with Crippen molar-refractivity contribution in [2.24, 2.45) is 5.73 Å². The van der Waals surface area contributed by atoms with E-state index in [1.807, 2.05) is 39.8 Å².